The lowest BCUT2D eigenvalue weighted by Gasteiger charge is -2.12. The Hall–Kier alpha value is -2.85. The Morgan fingerprint density at radius 3 is 2.85 bits per heavy atom. The summed E-state index contributed by atoms with van der Waals surface area (Å²) in [6.45, 7) is 2.45. The summed E-state index contributed by atoms with van der Waals surface area (Å²) in [5.41, 5.74) is 4.75. The van der Waals surface area contributed by atoms with Gasteiger partial charge in [0, 0.05) is 18.2 Å². The van der Waals surface area contributed by atoms with Gasteiger partial charge < -0.3 is 10.1 Å². The number of nitrogens with one attached hydrogen (secondary N) is 1. The zero-order valence-electron chi connectivity index (χ0n) is 14.9. The number of amides is 1. The van der Waals surface area contributed by atoms with E-state index in [-0.39, 0.29) is 12.0 Å². The molecular weight excluding hydrogens is 360 g/mol. The number of rotatable bonds is 4. The standard InChI is InChI=1S/C22H19ClN2O2/c1-14-6-8-20(24-12-14)15-7-9-21-16(10-15)11-17(27-21)13-25-22(26)18-4-2-3-5-19(18)23/h2-10,12,17H,11,13H2,1H3,(H,25,26). The van der Waals surface area contributed by atoms with Gasteiger partial charge in [0.05, 0.1) is 22.8 Å². The second-order valence-electron chi connectivity index (χ2n) is 6.68. The Kier molecular flexibility index (Phi) is 4.82. The molecule has 0 saturated heterocycles. The van der Waals surface area contributed by atoms with E-state index in [0.29, 0.717) is 17.1 Å². The fourth-order valence-electron chi connectivity index (χ4n) is 3.18. The number of aryl methyl sites for hydroxylation is 1. The van der Waals surface area contributed by atoms with Crippen LogP contribution in [0.15, 0.2) is 60.8 Å². The predicted octanol–water partition coefficient (Wildman–Crippen LogP) is 4.44. The number of halogens is 1. The SMILES string of the molecule is Cc1ccc(-c2ccc3c(c2)CC(CNC(=O)c2ccccc2Cl)O3)nc1. The van der Waals surface area contributed by atoms with Crippen LogP contribution < -0.4 is 10.1 Å². The molecule has 1 aromatic heterocycles. The van der Waals surface area contributed by atoms with Gasteiger partial charge in [0.1, 0.15) is 11.9 Å². The third-order valence-corrected chi connectivity index (χ3v) is 4.95. The van der Waals surface area contributed by atoms with Crippen molar-refractivity contribution in [3.05, 3.63) is 82.5 Å². The summed E-state index contributed by atoms with van der Waals surface area (Å²) >= 11 is 6.07. The van der Waals surface area contributed by atoms with Gasteiger partial charge in [0.15, 0.2) is 0 Å². The van der Waals surface area contributed by atoms with Crippen LogP contribution >= 0.6 is 11.6 Å². The van der Waals surface area contributed by atoms with Crippen molar-refractivity contribution in [2.45, 2.75) is 19.4 Å². The van der Waals surface area contributed by atoms with E-state index in [1.54, 1.807) is 24.3 Å². The number of carbonyl (C=O) groups excluding carboxylic acids is 1. The van der Waals surface area contributed by atoms with Crippen LogP contribution in [0.4, 0.5) is 0 Å². The first-order valence-corrected chi connectivity index (χ1v) is 9.23. The zero-order valence-corrected chi connectivity index (χ0v) is 15.7. The van der Waals surface area contributed by atoms with Gasteiger partial charge in [-0.05, 0) is 54.4 Å². The molecule has 1 atom stereocenters. The van der Waals surface area contributed by atoms with Crippen LogP contribution in [0.1, 0.15) is 21.5 Å². The minimum absolute atomic E-state index is 0.0901. The molecule has 0 bridgehead atoms. The molecule has 1 unspecified atom stereocenters. The molecule has 136 valence electrons. The molecule has 2 aromatic carbocycles. The Balaban J connectivity index is 1.41. The van der Waals surface area contributed by atoms with Crippen molar-refractivity contribution in [3.8, 4) is 17.0 Å². The first-order chi connectivity index (χ1) is 13.1. The van der Waals surface area contributed by atoms with E-state index in [0.717, 1.165) is 34.6 Å². The second-order valence-corrected chi connectivity index (χ2v) is 7.08. The molecule has 4 nitrogen and oxygen atoms in total. The molecule has 1 N–H and O–H groups in total. The zero-order chi connectivity index (χ0) is 18.8. The van der Waals surface area contributed by atoms with E-state index < -0.39 is 0 Å². The van der Waals surface area contributed by atoms with E-state index >= 15 is 0 Å². The third kappa shape index (κ3) is 3.81. The average molecular weight is 379 g/mol. The summed E-state index contributed by atoms with van der Waals surface area (Å²) in [6, 6.07) is 17.2. The van der Waals surface area contributed by atoms with Crippen LogP contribution in [0, 0.1) is 6.92 Å². The molecule has 5 heteroatoms. The van der Waals surface area contributed by atoms with Gasteiger partial charge >= 0.3 is 0 Å². The van der Waals surface area contributed by atoms with E-state index in [2.05, 4.69) is 22.4 Å². The molecule has 3 aromatic rings. The molecule has 0 saturated carbocycles. The number of hydrogen-bond donors (Lipinski definition) is 1. The van der Waals surface area contributed by atoms with E-state index in [4.69, 9.17) is 16.3 Å². The van der Waals surface area contributed by atoms with Crippen molar-refractivity contribution in [2.75, 3.05) is 6.54 Å². The van der Waals surface area contributed by atoms with E-state index in [9.17, 15) is 4.79 Å². The van der Waals surface area contributed by atoms with Gasteiger partial charge in [-0.1, -0.05) is 29.8 Å². The number of hydrogen-bond acceptors (Lipinski definition) is 3. The van der Waals surface area contributed by atoms with Gasteiger partial charge in [-0.25, -0.2) is 0 Å². The predicted molar refractivity (Wildman–Crippen MR) is 106 cm³/mol. The Bertz CT molecular complexity index is 986. The normalized spacial score (nSPS) is 15.1. The summed E-state index contributed by atoms with van der Waals surface area (Å²) in [5, 5.41) is 3.35. The van der Waals surface area contributed by atoms with Crippen molar-refractivity contribution in [1.82, 2.24) is 10.3 Å². The van der Waals surface area contributed by atoms with Gasteiger partial charge in [-0.2, -0.15) is 0 Å². The van der Waals surface area contributed by atoms with Gasteiger partial charge in [0.25, 0.3) is 5.91 Å². The van der Waals surface area contributed by atoms with Gasteiger partial charge in [-0.15, -0.1) is 0 Å². The molecule has 0 radical (unpaired) electrons. The lowest BCUT2D eigenvalue weighted by atomic mass is 10.0. The quantitative estimate of drug-likeness (QED) is 0.730. The summed E-state index contributed by atoms with van der Waals surface area (Å²) in [6.07, 6.45) is 2.52. The van der Waals surface area contributed by atoms with Crippen LogP contribution in [-0.4, -0.2) is 23.5 Å². The lowest BCUT2D eigenvalue weighted by Crippen LogP contribution is -2.34. The fourth-order valence-corrected chi connectivity index (χ4v) is 3.40. The van der Waals surface area contributed by atoms with Crippen LogP contribution in [0.2, 0.25) is 5.02 Å². The molecule has 0 fully saturated rings. The topological polar surface area (TPSA) is 51.2 Å². The number of fused-ring (bicyclic) bond motifs is 1. The summed E-state index contributed by atoms with van der Waals surface area (Å²) in [5.74, 6) is 0.674. The van der Waals surface area contributed by atoms with Crippen molar-refractivity contribution < 1.29 is 9.53 Å². The monoisotopic (exact) mass is 378 g/mol. The Morgan fingerprint density at radius 2 is 2.07 bits per heavy atom. The van der Waals surface area contributed by atoms with Crippen molar-refractivity contribution in [2.24, 2.45) is 0 Å². The highest BCUT2D eigenvalue weighted by Crippen LogP contribution is 2.32. The van der Waals surface area contributed by atoms with Crippen molar-refractivity contribution in [3.63, 3.8) is 0 Å². The largest absolute Gasteiger partial charge is 0.488 e. The maximum absolute atomic E-state index is 12.3. The van der Waals surface area contributed by atoms with Crippen LogP contribution in [-0.2, 0) is 6.42 Å². The highest BCUT2D eigenvalue weighted by molar-refractivity contribution is 6.33. The van der Waals surface area contributed by atoms with Crippen LogP contribution in [0.25, 0.3) is 11.3 Å². The average Bonchev–Trinajstić information content (AvgIpc) is 3.09. The molecule has 1 aliphatic rings. The molecule has 4 rings (SSSR count). The van der Waals surface area contributed by atoms with E-state index in [1.165, 1.54) is 0 Å². The lowest BCUT2D eigenvalue weighted by molar-refractivity contribution is 0.0933. The number of aromatic nitrogens is 1. The van der Waals surface area contributed by atoms with Gasteiger partial charge in [-0.3, -0.25) is 9.78 Å². The first kappa shape index (κ1) is 17.6. The number of nitrogens with zero attached hydrogens (tertiary/aromatic N) is 1. The minimum Gasteiger partial charge on any atom is -0.488 e. The Labute approximate surface area is 163 Å². The van der Waals surface area contributed by atoms with Crippen LogP contribution in [0.5, 0.6) is 5.75 Å². The summed E-state index contributed by atoms with van der Waals surface area (Å²) < 4.78 is 5.97. The molecular formula is C22H19ClN2O2. The number of carbonyl (C=O) groups is 1. The van der Waals surface area contributed by atoms with Crippen LogP contribution in [0.3, 0.4) is 0 Å². The number of pyridine rings is 1. The number of ether oxygens (including phenoxy) is 1. The summed E-state index contributed by atoms with van der Waals surface area (Å²) in [4.78, 5) is 16.8. The molecule has 0 aliphatic carbocycles. The highest BCUT2D eigenvalue weighted by Gasteiger charge is 2.24. The molecule has 1 amide bonds. The molecule has 2 heterocycles. The smallest absolute Gasteiger partial charge is 0.252 e. The molecule has 1 aliphatic heterocycles. The highest BCUT2D eigenvalue weighted by atomic mass is 35.5. The van der Waals surface area contributed by atoms with Crippen molar-refractivity contribution >= 4 is 17.5 Å². The maximum atomic E-state index is 12.3. The fraction of sp³-hybridized carbons (Fsp3) is 0.182. The van der Waals surface area contributed by atoms with Crippen molar-refractivity contribution in [1.29, 1.82) is 0 Å². The second kappa shape index (κ2) is 7.41. The first-order valence-electron chi connectivity index (χ1n) is 8.85. The maximum Gasteiger partial charge on any atom is 0.252 e. The minimum atomic E-state index is -0.190. The number of benzene rings is 2. The van der Waals surface area contributed by atoms with E-state index in [1.807, 2.05) is 31.3 Å². The van der Waals surface area contributed by atoms with Gasteiger partial charge in [0.2, 0.25) is 0 Å². The molecule has 27 heavy (non-hydrogen) atoms. The molecule has 0 spiro atoms. The summed E-state index contributed by atoms with van der Waals surface area (Å²) in [7, 11) is 0. The Morgan fingerprint density at radius 1 is 1.22 bits per heavy atom. The third-order valence-electron chi connectivity index (χ3n) is 4.62.